The molecule has 0 saturated carbocycles. The number of aromatic nitrogens is 2. The minimum atomic E-state index is -0.786. The Balaban J connectivity index is 2.18. The first kappa shape index (κ1) is 12.7. The van der Waals surface area contributed by atoms with Crippen LogP contribution in [0.5, 0.6) is 0 Å². The van der Waals surface area contributed by atoms with Gasteiger partial charge in [0.05, 0.1) is 0 Å². The molecule has 1 unspecified atom stereocenters. The normalized spacial score (nSPS) is 12.6. The van der Waals surface area contributed by atoms with Crippen LogP contribution in [-0.2, 0) is 6.42 Å². The Morgan fingerprint density at radius 1 is 1.33 bits per heavy atom. The highest BCUT2D eigenvalue weighted by Gasteiger charge is 2.15. The molecular weight excluding hydrogens is 230 g/mol. The van der Waals surface area contributed by atoms with Gasteiger partial charge in [0.15, 0.2) is 0 Å². The molecule has 0 aliphatic carbocycles. The van der Waals surface area contributed by atoms with Gasteiger partial charge >= 0.3 is 0 Å². The van der Waals surface area contributed by atoms with Gasteiger partial charge in [0.1, 0.15) is 6.10 Å². The van der Waals surface area contributed by atoms with Crippen LogP contribution in [-0.4, -0.2) is 21.8 Å². The minimum absolute atomic E-state index is 0.218. The SMILES string of the molecule is CCc1ccc(-c2noc(C(O)CCN)n2)cc1. The maximum Gasteiger partial charge on any atom is 0.255 e. The molecule has 0 spiro atoms. The van der Waals surface area contributed by atoms with E-state index >= 15 is 0 Å². The van der Waals surface area contributed by atoms with Gasteiger partial charge in [0.2, 0.25) is 5.82 Å². The van der Waals surface area contributed by atoms with Crippen molar-refractivity contribution in [1.82, 2.24) is 10.1 Å². The summed E-state index contributed by atoms with van der Waals surface area (Å²) in [5.74, 6) is 0.707. The van der Waals surface area contributed by atoms with Crippen LogP contribution < -0.4 is 5.73 Å². The van der Waals surface area contributed by atoms with Crippen molar-refractivity contribution in [2.45, 2.75) is 25.9 Å². The van der Waals surface area contributed by atoms with E-state index in [2.05, 4.69) is 17.1 Å². The molecule has 0 aliphatic rings. The molecule has 1 atom stereocenters. The highest BCUT2D eigenvalue weighted by atomic mass is 16.5. The smallest absolute Gasteiger partial charge is 0.255 e. The third-order valence-corrected chi connectivity index (χ3v) is 2.79. The maximum atomic E-state index is 9.69. The Morgan fingerprint density at radius 3 is 2.67 bits per heavy atom. The van der Waals surface area contributed by atoms with E-state index in [0.29, 0.717) is 18.8 Å². The van der Waals surface area contributed by atoms with E-state index in [-0.39, 0.29) is 5.89 Å². The molecule has 0 amide bonds. The largest absolute Gasteiger partial charge is 0.383 e. The van der Waals surface area contributed by atoms with Gasteiger partial charge in [-0.3, -0.25) is 0 Å². The minimum Gasteiger partial charge on any atom is -0.383 e. The number of nitrogens with two attached hydrogens (primary N) is 1. The van der Waals surface area contributed by atoms with Gasteiger partial charge in [-0.25, -0.2) is 0 Å². The van der Waals surface area contributed by atoms with E-state index in [4.69, 9.17) is 10.3 Å². The predicted octanol–water partition coefficient (Wildman–Crippen LogP) is 1.68. The first-order chi connectivity index (χ1) is 8.74. The molecule has 18 heavy (non-hydrogen) atoms. The van der Waals surface area contributed by atoms with Crippen molar-refractivity contribution in [3.63, 3.8) is 0 Å². The topological polar surface area (TPSA) is 85.2 Å². The van der Waals surface area contributed by atoms with E-state index in [9.17, 15) is 5.11 Å². The molecule has 0 fully saturated rings. The van der Waals surface area contributed by atoms with E-state index in [1.165, 1.54) is 5.56 Å². The summed E-state index contributed by atoms with van der Waals surface area (Å²) in [5.41, 5.74) is 7.50. The van der Waals surface area contributed by atoms with Crippen LogP contribution >= 0.6 is 0 Å². The average molecular weight is 247 g/mol. The number of benzene rings is 1. The van der Waals surface area contributed by atoms with Crippen LogP contribution in [0.2, 0.25) is 0 Å². The fourth-order valence-electron chi connectivity index (χ4n) is 1.66. The molecule has 2 aromatic rings. The zero-order valence-corrected chi connectivity index (χ0v) is 10.3. The number of hydrogen-bond donors (Lipinski definition) is 2. The van der Waals surface area contributed by atoms with Crippen LogP contribution in [0, 0.1) is 0 Å². The van der Waals surface area contributed by atoms with Crippen LogP contribution in [0.4, 0.5) is 0 Å². The third-order valence-electron chi connectivity index (χ3n) is 2.79. The summed E-state index contributed by atoms with van der Waals surface area (Å²) in [6.07, 6.45) is 0.620. The number of rotatable bonds is 5. The van der Waals surface area contributed by atoms with Crippen molar-refractivity contribution >= 4 is 0 Å². The molecule has 0 bridgehead atoms. The molecule has 3 N–H and O–H groups in total. The molecule has 96 valence electrons. The molecule has 2 rings (SSSR count). The monoisotopic (exact) mass is 247 g/mol. The number of aliphatic hydroxyl groups is 1. The second-order valence-electron chi connectivity index (χ2n) is 4.10. The number of aryl methyl sites for hydroxylation is 1. The molecule has 0 radical (unpaired) electrons. The summed E-state index contributed by atoms with van der Waals surface area (Å²) in [6.45, 7) is 2.48. The number of nitrogens with zero attached hydrogens (tertiary/aromatic N) is 2. The van der Waals surface area contributed by atoms with Crippen LogP contribution in [0.25, 0.3) is 11.4 Å². The summed E-state index contributed by atoms with van der Waals surface area (Å²) in [7, 11) is 0. The zero-order valence-electron chi connectivity index (χ0n) is 10.3. The first-order valence-corrected chi connectivity index (χ1v) is 6.05. The Morgan fingerprint density at radius 2 is 2.06 bits per heavy atom. The second-order valence-corrected chi connectivity index (χ2v) is 4.10. The van der Waals surface area contributed by atoms with Gasteiger partial charge in [0.25, 0.3) is 5.89 Å². The second kappa shape index (κ2) is 5.75. The third kappa shape index (κ3) is 2.75. The zero-order chi connectivity index (χ0) is 13.0. The first-order valence-electron chi connectivity index (χ1n) is 6.05. The number of aliphatic hydroxyl groups excluding tert-OH is 1. The summed E-state index contributed by atoms with van der Waals surface area (Å²) in [5, 5.41) is 13.5. The van der Waals surface area contributed by atoms with Gasteiger partial charge in [-0.1, -0.05) is 36.3 Å². The Labute approximate surface area is 106 Å². The van der Waals surface area contributed by atoms with Crippen LogP contribution in [0.1, 0.15) is 30.9 Å². The predicted molar refractivity (Wildman–Crippen MR) is 67.7 cm³/mol. The molecule has 0 saturated heterocycles. The van der Waals surface area contributed by atoms with Crippen molar-refractivity contribution in [3.05, 3.63) is 35.7 Å². The average Bonchev–Trinajstić information content (AvgIpc) is 2.89. The Hall–Kier alpha value is -1.72. The van der Waals surface area contributed by atoms with Gasteiger partial charge in [-0.05, 0) is 24.9 Å². The van der Waals surface area contributed by atoms with E-state index in [1.807, 2.05) is 24.3 Å². The summed E-state index contributed by atoms with van der Waals surface area (Å²) < 4.78 is 5.02. The number of hydrogen-bond acceptors (Lipinski definition) is 5. The van der Waals surface area contributed by atoms with E-state index in [0.717, 1.165) is 12.0 Å². The lowest BCUT2D eigenvalue weighted by atomic mass is 10.1. The van der Waals surface area contributed by atoms with Gasteiger partial charge in [-0.2, -0.15) is 4.98 Å². The molecule has 1 aromatic carbocycles. The lowest BCUT2D eigenvalue weighted by Crippen LogP contribution is -2.06. The molecule has 0 aliphatic heterocycles. The Bertz CT molecular complexity index is 493. The lowest BCUT2D eigenvalue weighted by Gasteiger charge is -2.01. The van der Waals surface area contributed by atoms with Gasteiger partial charge in [0, 0.05) is 5.56 Å². The fourth-order valence-corrected chi connectivity index (χ4v) is 1.66. The van der Waals surface area contributed by atoms with Gasteiger partial charge in [-0.15, -0.1) is 0 Å². The van der Waals surface area contributed by atoms with E-state index < -0.39 is 6.10 Å². The highest BCUT2D eigenvalue weighted by Crippen LogP contribution is 2.20. The molecule has 5 heteroatoms. The van der Waals surface area contributed by atoms with Crippen molar-refractivity contribution in [1.29, 1.82) is 0 Å². The van der Waals surface area contributed by atoms with Crippen LogP contribution in [0.3, 0.4) is 0 Å². The van der Waals surface area contributed by atoms with Crippen molar-refractivity contribution in [3.8, 4) is 11.4 Å². The summed E-state index contributed by atoms with van der Waals surface area (Å²) in [6, 6.07) is 7.95. The fraction of sp³-hybridized carbons (Fsp3) is 0.385. The quantitative estimate of drug-likeness (QED) is 0.839. The van der Waals surface area contributed by atoms with E-state index in [1.54, 1.807) is 0 Å². The summed E-state index contributed by atoms with van der Waals surface area (Å²) >= 11 is 0. The highest BCUT2D eigenvalue weighted by molar-refractivity contribution is 5.54. The Kier molecular flexibility index (Phi) is 4.07. The molecule has 1 heterocycles. The molecule has 5 nitrogen and oxygen atoms in total. The van der Waals surface area contributed by atoms with Crippen molar-refractivity contribution in [2.75, 3.05) is 6.54 Å². The summed E-state index contributed by atoms with van der Waals surface area (Å²) in [4.78, 5) is 4.17. The molecular formula is C13H17N3O2. The van der Waals surface area contributed by atoms with Crippen LogP contribution in [0.15, 0.2) is 28.8 Å². The van der Waals surface area contributed by atoms with Crippen molar-refractivity contribution in [2.24, 2.45) is 5.73 Å². The van der Waals surface area contributed by atoms with Crippen molar-refractivity contribution < 1.29 is 9.63 Å². The maximum absolute atomic E-state index is 9.69. The molecule has 1 aromatic heterocycles. The lowest BCUT2D eigenvalue weighted by molar-refractivity contribution is 0.127. The van der Waals surface area contributed by atoms with Gasteiger partial charge < -0.3 is 15.4 Å². The standard InChI is InChI=1S/C13H17N3O2/c1-2-9-3-5-10(6-4-9)12-15-13(18-16-12)11(17)7-8-14/h3-6,11,17H,2,7-8,14H2,1H3.